The summed E-state index contributed by atoms with van der Waals surface area (Å²) >= 11 is 1.64. The summed E-state index contributed by atoms with van der Waals surface area (Å²) in [6, 6.07) is 9.68. The van der Waals surface area contributed by atoms with E-state index in [1.165, 1.54) is 0 Å². The molecule has 2 unspecified atom stereocenters. The van der Waals surface area contributed by atoms with Gasteiger partial charge in [0.05, 0.1) is 12.6 Å². The highest BCUT2D eigenvalue weighted by Gasteiger charge is 2.36. The SMILES string of the molecule is CCOc1ccc(C(c2ccsc2)N2CCCC2C(=O)O)cc1. The maximum absolute atomic E-state index is 11.6. The van der Waals surface area contributed by atoms with Gasteiger partial charge in [-0.3, -0.25) is 9.69 Å². The van der Waals surface area contributed by atoms with E-state index >= 15 is 0 Å². The first-order chi connectivity index (χ1) is 11.2. The molecule has 1 saturated heterocycles. The highest BCUT2D eigenvalue weighted by Crippen LogP contribution is 2.36. The zero-order valence-corrected chi connectivity index (χ0v) is 14.0. The average Bonchev–Trinajstić information content (AvgIpc) is 3.22. The van der Waals surface area contributed by atoms with E-state index in [1.807, 2.05) is 36.6 Å². The first-order valence-electron chi connectivity index (χ1n) is 7.94. The van der Waals surface area contributed by atoms with Crippen LogP contribution in [0.5, 0.6) is 5.75 Å². The molecule has 5 heteroatoms. The number of thiophene rings is 1. The third-order valence-electron chi connectivity index (χ3n) is 4.28. The van der Waals surface area contributed by atoms with Crippen molar-refractivity contribution in [3.63, 3.8) is 0 Å². The van der Waals surface area contributed by atoms with Gasteiger partial charge in [-0.15, -0.1) is 0 Å². The quantitative estimate of drug-likeness (QED) is 0.875. The molecule has 0 radical (unpaired) electrons. The molecule has 1 aromatic carbocycles. The van der Waals surface area contributed by atoms with Crippen molar-refractivity contribution in [3.05, 3.63) is 52.2 Å². The van der Waals surface area contributed by atoms with Gasteiger partial charge in [0, 0.05) is 6.54 Å². The summed E-state index contributed by atoms with van der Waals surface area (Å²) < 4.78 is 5.51. The van der Waals surface area contributed by atoms with Gasteiger partial charge in [0.1, 0.15) is 11.8 Å². The number of aliphatic carboxylic acids is 1. The Labute approximate surface area is 140 Å². The molecule has 122 valence electrons. The van der Waals surface area contributed by atoms with Gasteiger partial charge in [-0.05, 0) is 59.9 Å². The number of likely N-dealkylation sites (tertiary alicyclic amines) is 1. The molecule has 4 nitrogen and oxygen atoms in total. The second-order valence-electron chi connectivity index (χ2n) is 5.70. The smallest absolute Gasteiger partial charge is 0.320 e. The second-order valence-corrected chi connectivity index (χ2v) is 6.48. The predicted octanol–water partition coefficient (Wildman–Crippen LogP) is 3.79. The Hall–Kier alpha value is -1.85. The Morgan fingerprint density at radius 1 is 1.35 bits per heavy atom. The molecule has 0 aliphatic carbocycles. The number of nitrogens with zero attached hydrogens (tertiary/aromatic N) is 1. The molecule has 3 rings (SSSR count). The molecular formula is C18H21NO3S. The lowest BCUT2D eigenvalue weighted by Crippen LogP contribution is -2.39. The van der Waals surface area contributed by atoms with Crippen LogP contribution in [0.4, 0.5) is 0 Å². The molecule has 0 amide bonds. The molecule has 2 heterocycles. The number of rotatable bonds is 6. The first-order valence-corrected chi connectivity index (χ1v) is 8.88. The minimum atomic E-state index is -0.728. The summed E-state index contributed by atoms with van der Waals surface area (Å²) in [5, 5.41) is 13.7. The van der Waals surface area contributed by atoms with Crippen LogP contribution in [0.15, 0.2) is 41.1 Å². The third-order valence-corrected chi connectivity index (χ3v) is 4.98. The van der Waals surface area contributed by atoms with Crippen LogP contribution in [0.3, 0.4) is 0 Å². The van der Waals surface area contributed by atoms with Gasteiger partial charge in [0.25, 0.3) is 0 Å². The van der Waals surface area contributed by atoms with Gasteiger partial charge in [-0.25, -0.2) is 0 Å². The van der Waals surface area contributed by atoms with Crippen LogP contribution in [0, 0.1) is 0 Å². The normalized spacial score (nSPS) is 19.6. The minimum absolute atomic E-state index is 0.0134. The number of carbonyl (C=O) groups is 1. The summed E-state index contributed by atoms with van der Waals surface area (Å²) in [5.41, 5.74) is 2.27. The molecule has 1 fully saturated rings. The number of ether oxygens (including phenoxy) is 1. The lowest BCUT2D eigenvalue weighted by atomic mass is 9.98. The Morgan fingerprint density at radius 3 is 2.74 bits per heavy atom. The number of benzene rings is 1. The molecular weight excluding hydrogens is 310 g/mol. The Balaban J connectivity index is 1.94. The minimum Gasteiger partial charge on any atom is -0.494 e. The van der Waals surface area contributed by atoms with Crippen LogP contribution in [-0.4, -0.2) is 35.2 Å². The van der Waals surface area contributed by atoms with Gasteiger partial charge < -0.3 is 9.84 Å². The molecule has 0 bridgehead atoms. The van der Waals surface area contributed by atoms with Crippen molar-refractivity contribution >= 4 is 17.3 Å². The van der Waals surface area contributed by atoms with Crippen molar-refractivity contribution in [1.82, 2.24) is 4.90 Å². The van der Waals surface area contributed by atoms with Crippen molar-refractivity contribution in [3.8, 4) is 5.75 Å². The molecule has 1 N–H and O–H groups in total. The van der Waals surface area contributed by atoms with Crippen LogP contribution in [0.2, 0.25) is 0 Å². The standard InChI is InChI=1S/C18H21NO3S/c1-2-22-15-7-5-13(6-8-15)17(14-9-11-23-12-14)19-10-3-4-16(19)18(20)21/h5-9,11-12,16-17H,2-4,10H2,1H3,(H,20,21). The van der Waals surface area contributed by atoms with Crippen molar-refractivity contribution in [2.75, 3.05) is 13.2 Å². The van der Waals surface area contributed by atoms with Gasteiger partial charge in [0.2, 0.25) is 0 Å². The van der Waals surface area contributed by atoms with E-state index in [1.54, 1.807) is 11.3 Å². The predicted molar refractivity (Wildman–Crippen MR) is 91.1 cm³/mol. The summed E-state index contributed by atoms with van der Waals surface area (Å²) in [6.45, 7) is 3.41. The zero-order valence-electron chi connectivity index (χ0n) is 13.1. The second kappa shape index (κ2) is 7.15. The van der Waals surface area contributed by atoms with E-state index in [0.29, 0.717) is 13.0 Å². The zero-order chi connectivity index (χ0) is 16.2. The number of carboxylic acids is 1. The van der Waals surface area contributed by atoms with Crippen LogP contribution in [0.1, 0.15) is 36.9 Å². The highest BCUT2D eigenvalue weighted by atomic mass is 32.1. The van der Waals surface area contributed by atoms with Gasteiger partial charge >= 0.3 is 5.97 Å². The Morgan fingerprint density at radius 2 is 2.13 bits per heavy atom. The maximum atomic E-state index is 11.6. The molecule has 2 atom stereocenters. The molecule has 0 spiro atoms. The maximum Gasteiger partial charge on any atom is 0.320 e. The molecule has 1 aromatic heterocycles. The largest absolute Gasteiger partial charge is 0.494 e. The first kappa shape index (κ1) is 16.0. The van der Waals surface area contributed by atoms with E-state index in [0.717, 1.165) is 29.8 Å². The van der Waals surface area contributed by atoms with Crippen LogP contribution < -0.4 is 4.74 Å². The van der Waals surface area contributed by atoms with E-state index in [9.17, 15) is 9.90 Å². The van der Waals surface area contributed by atoms with Gasteiger partial charge in [0.15, 0.2) is 0 Å². The topological polar surface area (TPSA) is 49.8 Å². The molecule has 23 heavy (non-hydrogen) atoms. The van der Waals surface area contributed by atoms with E-state index in [-0.39, 0.29) is 6.04 Å². The summed E-state index contributed by atoms with van der Waals surface area (Å²) in [7, 11) is 0. The van der Waals surface area contributed by atoms with Crippen molar-refractivity contribution in [2.24, 2.45) is 0 Å². The lowest BCUT2D eigenvalue weighted by Gasteiger charge is -2.31. The van der Waals surface area contributed by atoms with E-state index in [4.69, 9.17) is 4.74 Å². The van der Waals surface area contributed by atoms with Crippen molar-refractivity contribution < 1.29 is 14.6 Å². The molecule has 2 aromatic rings. The fourth-order valence-corrected chi connectivity index (χ4v) is 3.96. The molecule has 1 aliphatic rings. The Kier molecular flexibility index (Phi) is 4.98. The van der Waals surface area contributed by atoms with Crippen LogP contribution in [-0.2, 0) is 4.79 Å². The van der Waals surface area contributed by atoms with Crippen molar-refractivity contribution in [1.29, 1.82) is 0 Å². The summed E-state index contributed by atoms with van der Waals surface area (Å²) in [5.74, 6) is 0.116. The summed E-state index contributed by atoms with van der Waals surface area (Å²) in [6.07, 6.45) is 1.64. The average molecular weight is 331 g/mol. The monoisotopic (exact) mass is 331 g/mol. The fourth-order valence-electron chi connectivity index (χ4n) is 3.28. The molecule has 0 saturated carbocycles. The van der Waals surface area contributed by atoms with Gasteiger partial charge in [-0.2, -0.15) is 11.3 Å². The number of carboxylic acid groups (broad SMARTS) is 1. The fraction of sp³-hybridized carbons (Fsp3) is 0.389. The van der Waals surface area contributed by atoms with Gasteiger partial charge in [-0.1, -0.05) is 12.1 Å². The molecule has 1 aliphatic heterocycles. The summed E-state index contributed by atoms with van der Waals surface area (Å²) in [4.78, 5) is 13.7. The Bertz CT molecular complexity index is 639. The number of hydrogen-bond acceptors (Lipinski definition) is 4. The third kappa shape index (κ3) is 3.41. The van der Waals surface area contributed by atoms with E-state index < -0.39 is 12.0 Å². The van der Waals surface area contributed by atoms with Crippen molar-refractivity contribution in [2.45, 2.75) is 31.8 Å². The van der Waals surface area contributed by atoms with Crippen LogP contribution >= 0.6 is 11.3 Å². The van der Waals surface area contributed by atoms with E-state index in [2.05, 4.69) is 16.3 Å². The lowest BCUT2D eigenvalue weighted by molar-refractivity contribution is -0.142. The highest BCUT2D eigenvalue weighted by molar-refractivity contribution is 7.08. The number of hydrogen-bond donors (Lipinski definition) is 1. The van der Waals surface area contributed by atoms with Crippen LogP contribution in [0.25, 0.3) is 0 Å².